The van der Waals surface area contributed by atoms with Crippen LogP contribution in [-0.2, 0) is 10.0 Å². The second kappa shape index (κ2) is 7.08. The number of nitrogens with zero attached hydrogens (tertiary/aromatic N) is 1. The predicted molar refractivity (Wildman–Crippen MR) is 84.3 cm³/mol. The molecule has 0 bridgehead atoms. The normalized spacial score (nSPS) is 16.9. The molecule has 1 aromatic carbocycles. The Morgan fingerprint density at radius 3 is 2.48 bits per heavy atom. The smallest absolute Gasteiger partial charge is 0.243 e. The quantitative estimate of drug-likeness (QED) is 0.848. The van der Waals surface area contributed by atoms with E-state index >= 15 is 0 Å². The van der Waals surface area contributed by atoms with Crippen LogP contribution in [0.4, 0.5) is 0 Å². The summed E-state index contributed by atoms with van der Waals surface area (Å²) in [5.41, 5.74) is 6.82. The maximum absolute atomic E-state index is 12.8. The van der Waals surface area contributed by atoms with Crippen molar-refractivity contribution < 1.29 is 8.42 Å². The Hall–Kier alpha value is -1.35. The summed E-state index contributed by atoms with van der Waals surface area (Å²) in [4.78, 5) is 0.369. The summed E-state index contributed by atoms with van der Waals surface area (Å²) < 4.78 is 27.3. The number of benzene rings is 1. The van der Waals surface area contributed by atoms with Gasteiger partial charge in [0.1, 0.15) is 0 Å². The molecule has 1 aliphatic rings. The molecule has 0 saturated carbocycles. The van der Waals surface area contributed by atoms with Gasteiger partial charge in [0.15, 0.2) is 0 Å². The topological polar surface area (TPSA) is 63.4 Å². The second-order valence-electron chi connectivity index (χ2n) is 5.30. The predicted octanol–water partition coefficient (Wildman–Crippen LogP) is 1.87. The van der Waals surface area contributed by atoms with Crippen LogP contribution in [0.1, 0.15) is 36.8 Å². The highest BCUT2D eigenvalue weighted by Gasteiger charge is 2.26. The highest BCUT2D eigenvalue weighted by atomic mass is 32.2. The molecule has 0 radical (unpaired) electrons. The maximum Gasteiger partial charge on any atom is 0.243 e. The van der Waals surface area contributed by atoms with Gasteiger partial charge in [0, 0.05) is 18.7 Å². The molecule has 1 heterocycles. The average Bonchev–Trinajstić information content (AvgIpc) is 2.75. The van der Waals surface area contributed by atoms with Crippen molar-refractivity contribution in [2.24, 2.45) is 5.73 Å². The molecule has 2 rings (SSSR count). The first-order valence-corrected chi connectivity index (χ1v) is 8.79. The Morgan fingerprint density at radius 2 is 1.86 bits per heavy atom. The molecule has 0 unspecified atom stereocenters. The van der Waals surface area contributed by atoms with Crippen LogP contribution in [0.15, 0.2) is 23.1 Å². The van der Waals surface area contributed by atoms with Gasteiger partial charge in [-0.15, -0.1) is 0 Å². The summed E-state index contributed by atoms with van der Waals surface area (Å²) in [6.45, 7) is 3.31. The summed E-state index contributed by atoms with van der Waals surface area (Å²) in [6, 6.07) is 5.31. The van der Waals surface area contributed by atoms with Crippen molar-refractivity contribution in [2.45, 2.75) is 37.5 Å². The number of sulfonamides is 1. The monoisotopic (exact) mass is 306 g/mol. The lowest BCUT2D eigenvalue weighted by Crippen LogP contribution is -2.32. The lowest BCUT2D eigenvalue weighted by Gasteiger charge is -2.21. The molecule has 1 aromatic rings. The zero-order chi connectivity index (χ0) is 15.3. The lowest BCUT2D eigenvalue weighted by molar-refractivity contribution is 0.423. The van der Waals surface area contributed by atoms with Crippen LogP contribution in [0.2, 0.25) is 0 Å². The maximum atomic E-state index is 12.8. The third kappa shape index (κ3) is 3.85. The number of aryl methyl sites for hydroxylation is 1. The number of hydrogen-bond acceptors (Lipinski definition) is 3. The molecule has 0 amide bonds. The molecular weight excluding hydrogens is 284 g/mol. The molecule has 114 valence electrons. The molecule has 2 N–H and O–H groups in total. The van der Waals surface area contributed by atoms with Gasteiger partial charge in [-0.3, -0.25) is 0 Å². The first kappa shape index (κ1) is 16.0. The summed E-state index contributed by atoms with van der Waals surface area (Å²) in [5.74, 6) is 5.66. The molecule has 1 fully saturated rings. The molecule has 1 aliphatic heterocycles. The van der Waals surface area contributed by atoms with Gasteiger partial charge in [-0.1, -0.05) is 30.7 Å². The third-order valence-corrected chi connectivity index (χ3v) is 5.75. The van der Waals surface area contributed by atoms with Gasteiger partial charge >= 0.3 is 0 Å². The molecule has 0 atom stereocenters. The van der Waals surface area contributed by atoms with Crippen molar-refractivity contribution in [1.82, 2.24) is 4.31 Å². The summed E-state index contributed by atoms with van der Waals surface area (Å²) in [7, 11) is -3.43. The SMILES string of the molecule is Cc1ccc(C#CCN)cc1S(=O)(=O)N1CCCCCC1. The van der Waals surface area contributed by atoms with E-state index in [1.54, 1.807) is 10.4 Å². The van der Waals surface area contributed by atoms with Crippen molar-refractivity contribution in [3.05, 3.63) is 29.3 Å². The van der Waals surface area contributed by atoms with Crippen LogP contribution in [-0.4, -0.2) is 32.4 Å². The minimum Gasteiger partial charge on any atom is -0.320 e. The van der Waals surface area contributed by atoms with E-state index in [4.69, 9.17) is 5.73 Å². The second-order valence-corrected chi connectivity index (χ2v) is 7.21. The molecule has 0 aromatic heterocycles. The summed E-state index contributed by atoms with van der Waals surface area (Å²) in [6.07, 6.45) is 4.08. The molecule has 4 nitrogen and oxygen atoms in total. The molecule has 1 saturated heterocycles. The first-order chi connectivity index (χ1) is 10.1. The van der Waals surface area contributed by atoms with E-state index in [1.165, 1.54) is 0 Å². The fourth-order valence-corrected chi connectivity index (χ4v) is 4.30. The number of nitrogens with two attached hydrogens (primary N) is 1. The standard InChI is InChI=1S/C16H22N2O2S/c1-14-8-9-15(7-6-10-17)13-16(14)21(19,20)18-11-4-2-3-5-12-18/h8-9,13H,2-5,10-12,17H2,1H3. The Labute approximate surface area is 127 Å². The highest BCUT2D eigenvalue weighted by Crippen LogP contribution is 2.23. The Bertz CT molecular complexity index is 649. The minimum atomic E-state index is -3.43. The fourth-order valence-electron chi connectivity index (χ4n) is 2.53. The first-order valence-electron chi connectivity index (χ1n) is 7.35. The van der Waals surface area contributed by atoms with Gasteiger partial charge in [-0.05, 0) is 37.5 Å². The molecule has 0 aliphatic carbocycles. The van der Waals surface area contributed by atoms with Crippen molar-refractivity contribution in [1.29, 1.82) is 0 Å². The summed E-state index contributed by atoms with van der Waals surface area (Å²) >= 11 is 0. The molecular formula is C16H22N2O2S. The average molecular weight is 306 g/mol. The van der Waals surface area contributed by atoms with Gasteiger partial charge in [-0.25, -0.2) is 8.42 Å². The molecule has 0 spiro atoms. The number of rotatable bonds is 2. The van der Waals surface area contributed by atoms with E-state index in [1.807, 2.05) is 19.1 Å². The fraction of sp³-hybridized carbons (Fsp3) is 0.500. The van der Waals surface area contributed by atoms with E-state index < -0.39 is 10.0 Å². The molecule has 21 heavy (non-hydrogen) atoms. The zero-order valence-corrected chi connectivity index (χ0v) is 13.2. The lowest BCUT2D eigenvalue weighted by atomic mass is 10.1. The van der Waals surface area contributed by atoms with Crippen LogP contribution in [0.25, 0.3) is 0 Å². The van der Waals surface area contributed by atoms with E-state index in [9.17, 15) is 8.42 Å². The Morgan fingerprint density at radius 1 is 1.19 bits per heavy atom. The van der Waals surface area contributed by atoms with E-state index in [2.05, 4.69) is 11.8 Å². The van der Waals surface area contributed by atoms with Crippen molar-refractivity contribution in [3.63, 3.8) is 0 Å². The van der Waals surface area contributed by atoms with Crippen LogP contribution in [0.5, 0.6) is 0 Å². The van der Waals surface area contributed by atoms with Crippen LogP contribution >= 0.6 is 0 Å². The van der Waals surface area contributed by atoms with E-state index in [0.717, 1.165) is 31.2 Å². The van der Waals surface area contributed by atoms with E-state index in [-0.39, 0.29) is 6.54 Å². The van der Waals surface area contributed by atoms with Gasteiger partial charge in [0.25, 0.3) is 0 Å². The van der Waals surface area contributed by atoms with Crippen LogP contribution in [0, 0.1) is 18.8 Å². The van der Waals surface area contributed by atoms with Crippen LogP contribution in [0.3, 0.4) is 0 Å². The van der Waals surface area contributed by atoms with Gasteiger partial charge in [0.2, 0.25) is 10.0 Å². The largest absolute Gasteiger partial charge is 0.320 e. The minimum absolute atomic E-state index is 0.266. The highest BCUT2D eigenvalue weighted by molar-refractivity contribution is 7.89. The van der Waals surface area contributed by atoms with Crippen molar-refractivity contribution in [2.75, 3.05) is 19.6 Å². The van der Waals surface area contributed by atoms with Crippen molar-refractivity contribution in [3.8, 4) is 11.8 Å². The zero-order valence-electron chi connectivity index (χ0n) is 12.4. The van der Waals surface area contributed by atoms with Gasteiger partial charge < -0.3 is 5.73 Å². The number of hydrogen-bond donors (Lipinski definition) is 1. The van der Waals surface area contributed by atoms with Gasteiger partial charge in [0.05, 0.1) is 11.4 Å². The van der Waals surface area contributed by atoms with Crippen LogP contribution < -0.4 is 5.73 Å². The van der Waals surface area contributed by atoms with Crippen molar-refractivity contribution >= 4 is 10.0 Å². The van der Waals surface area contributed by atoms with Gasteiger partial charge in [-0.2, -0.15) is 4.31 Å². The third-order valence-electron chi connectivity index (χ3n) is 3.71. The molecule has 5 heteroatoms. The Balaban J connectivity index is 2.38. The Kier molecular flexibility index (Phi) is 5.40. The summed E-state index contributed by atoms with van der Waals surface area (Å²) in [5, 5.41) is 0. The van der Waals surface area contributed by atoms with E-state index in [0.29, 0.717) is 23.5 Å².